The van der Waals surface area contributed by atoms with E-state index in [1.807, 2.05) is 0 Å². The van der Waals surface area contributed by atoms with Crippen molar-refractivity contribution in [3.63, 3.8) is 0 Å². The topological polar surface area (TPSA) is 58.4 Å². The van der Waals surface area contributed by atoms with E-state index in [2.05, 4.69) is 10.2 Å². The van der Waals surface area contributed by atoms with E-state index in [1.54, 1.807) is 0 Å². The minimum Gasteiger partial charge on any atom is -0.392 e. The molecule has 1 aliphatic heterocycles. The van der Waals surface area contributed by atoms with Crippen LogP contribution in [0, 0.1) is 5.41 Å². The first-order valence-electron chi connectivity index (χ1n) is 6.96. The van der Waals surface area contributed by atoms with Crippen molar-refractivity contribution in [1.82, 2.24) is 10.2 Å². The highest BCUT2D eigenvalue weighted by Gasteiger charge is 2.46. The van der Waals surface area contributed by atoms with E-state index in [-0.39, 0.29) is 5.91 Å². The number of hydrogen-bond donors (Lipinski definition) is 2. The lowest BCUT2D eigenvalue weighted by molar-refractivity contribution is -0.130. The van der Waals surface area contributed by atoms with Gasteiger partial charge in [-0.1, -0.05) is 18.6 Å². The maximum absolute atomic E-state index is 12.1. The lowest BCUT2D eigenvalue weighted by Crippen LogP contribution is -2.53. The number of nitrogens with one attached hydrogen (secondary N) is 1. The molecular formula is C13H23N3OS. The highest BCUT2D eigenvalue weighted by molar-refractivity contribution is 7.80. The van der Waals surface area contributed by atoms with Crippen LogP contribution in [0.25, 0.3) is 0 Å². The van der Waals surface area contributed by atoms with Crippen LogP contribution in [0.3, 0.4) is 0 Å². The summed E-state index contributed by atoms with van der Waals surface area (Å²) in [5.74, 6) is 0.0441. The maximum atomic E-state index is 12.1. The molecule has 0 aromatic rings. The quantitative estimate of drug-likeness (QED) is 0.559. The molecule has 0 aromatic heterocycles. The monoisotopic (exact) mass is 269 g/mol. The summed E-state index contributed by atoms with van der Waals surface area (Å²) in [6, 6.07) is 0. The van der Waals surface area contributed by atoms with Gasteiger partial charge in [0.25, 0.3) is 0 Å². The molecule has 4 nitrogen and oxygen atoms in total. The SMILES string of the molecule is NC(=S)C1(C(=O)NCCCN2CCCC2)CCC1. The summed E-state index contributed by atoms with van der Waals surface area (Å²) in [5, 5.41) is 3.00. The number of carbonyl (C=O) groups excluding carboxylic acids is 1. The largest absolute Gasteiger partial charge is 0.392 e. The minimum atomic E-state index is -0.525. The molecule has 1 heterocycles. The van der Waals surface area contributed by atoms with E-state index in [1.165, 1.54) is 25.9 Å². The van der Waals surface area contributed by atoms with Gasteiger partial charge in [0.05, 0.1) is 10.4 Å². The zero-order chi connectivity index (χ0) is 13.0. The van der Waals surface area contributed by atoms with Crippen molar-refractivity contribution in [1.29, 1.82) is 0 Å². The Morgan fingerprint density at radius 1 is 1.28 bits per heavy atom. The third-order valence-electron chi connectivity index (χ3n) is 4.25. The zero-order valence-electron chi connectivity index (χ0n) is 10.9. The van der Waals surface area contributed by atoms with Crippen molar-refractivity contribution >= 4 is 23.1 Å². The first kappa shape index (κ1) is 13.7. The normalized spacial score (nSPS) is 22.4. The van der Waals surface area contributed by atoms with Crippen molar-refractivity contribution in [3.8, 4) is 0 Å². The average Bonchev–Trinajstić information content (AvgIpc) is 2.75. The van der Waals surface area contributed by atoms with E-state index in [9.17, 15) is 4.79 Å². The molecule has 18 heavy (non-hydrogen) atoms. The summed E-state index contributed by atoms with van der Waals surface area (Å²) in [4.78, 5) is 14.9. The summed E-state index contributed by atoms with van der Waals surface area (Å²) >= 11 is 5.03. The molecule has 0 atom stereocenters. The Labute approximate surface area is 114 Å². The fraction of sp³-hybridized carbons (Fsp3) is 0.846. The summed E-state index contributed by atoms with van der Waals surface area (Å²) in [7, 11) is 0. The van der Waals surface area contributed by atoms with Gasteiger partial charge in [0, 0.05) is 6.54 Å². The Morgan fingerprint density at radius 2 is 1.94 bits per heavy atom. The zero-order valence-corrected chi connectivity index (χ0v) is 11.7. The van der Waals surface area contributed by atoms with Crippen LogP contribution in [-0.2, 0) is 4.79 Å². The van der Waals surface area contributed by atoms with Crippen LogP contribution in [0.1, 0.15) is 38.5 Å². The van der Waals surface area contributed by atoms with Crippen LogP contribution in [0.15, 0.2) is 0 Å². The van der Waals surface area contributed by atoms with Crippen LogP contribution in [0.4, 0.5) is 0 Å². The van der Waals surface area contributed by atoms with Crippen molar-refractivity contribution in [2.75, 3.05) is 26.2 Å². The lowest BCUT2D eigenvalue weighted by Gasteiger charge is -2.39. The standard InChI is InChI=1S/C13H23N3OS/c14-11(18)13(5-3-6-13)12(17)15-7-4-10-16-8-1-2-9-16/h1-10H2,(H2,14,18)(H,15,17). The molecule has 1 amide bonds. The fourth-order valence-electron chi connectivity index (χ4n) is 2.80. The molecule has 1 aliphatic carbocycles. The molecule has 0 unspecified atom stereocenters. The number of nitrogens with zero attached hydrogens (tertiary/aromatic N) is 1. The molecule has 2 rings (SSSR count). The molecule has 102 valence electrons. The van der Waals surface area contributed by atoms with E-state index >= 15 is 0 Å². The van der Waals surface area contributed by atoms with Crippen LogP contribution >= 0.6 is 12.2 Å². The van der Waals surface area contributed by atoms with Crippen LogP contribution in [0.5, 0.6) is 0 Å². The third-order valence-corrected chi connectivity index (χ3v) is 4.64. The van der Waals surface area contributed by atoms with Gasteiger partial charge in [0.2, 0.25) is 5.91 Å². The maximum Gasteiger partial charge on any atom is 0.233 e. The van der Waals surface area contributed by atoms with Gasteiger partial charge in [0.15, 0.2) is 0 Å². The number of thiocarbonyl (C=S) groups is 1. The second-order valence-corrected chi connectivity index (χ2v) is 5.90. The Kier molecular flexibility index (Phi) is 4.56. The predicted molar refractivity (Wildman–Crippen MR) is 76.4 cm³/mol. The smallest absolute Gasteiger partial charge is 0.233 e. The number of hydrogen-bond acceptors (Lipinski definition) is 3. The fourth-order valence-corrected chi connectivity index (χ4v) is 3.09. The van der Waals surface area contributed by atoms with Crippen molar-refractivity contribution < 1.29 is 4.79 Å². The molecule has 0 radical (unpaired) electrons. The third kappa shape index (κ3) is 2.83. The molecule has 2 fully saturated rings. The highest BCUT2D eigenvalue weighted by atomic mass is 32.1. The molecule has 0 bridgehead atoms. The molecule has 0 aromatic carbocycles. The molecule has 0 spiro atoms. The highest BCUT2D eigenvalue weighted by Crippen LogP contribution is 2.41. The Bertz CT molecular complexity index is 322. The summed E-state index contributed by atoms with van der Waals surface area (Å²) in [6.45, 7) is 4.25. The molecule has 3 N–H and O–H groups in total. The van der Waals surface area contributed by atoms with Gasteiger partial charge in [-0.25, -0.2) is 0 Å². The predicted octanol–water partition coefficient (Wildman–Crippen LogP) is 1.04. The van der Waals surface area contributed by atoms with Crippen LogP contribution < -0.4 is 11.1 Å². The molecule has 1 saturated carbocycles. The van der Waals surface area contributed by atoms with Gasteiger partial charge in [0.1, 0.15) is 0 Å². The van der Waals surface area contributed by atoms with E-state index in [4.69, 9.17) is 18.0 Å². The second-order valence-electron chi connectivity index (χ2n) is 5.46. The number of likely N-dealkylation sites (tertiary alicyclic amines) is 1. The molecular weight excluding hydrogens is 246 g/mol. The van der Waals surface area contributed by atoms with Gasteiger partial charge in [-0.3, -0.25) is 4.79 Å². The summed E-state index contributed by atoms with van der Waals surface area (Å²) < 4.78 is 0. The number of rotatable bonds is 6. The Hall–Kier alpha value is -0.680. The van der Waals surface area contributed by atoms with Gasteiger partial charge in [-0.2, -0.15) is 0 Å². The second kappa shape index (κ2) is 5.97. The van der Waals surface area contributed by atoms with Gasteiger partial charge < -0.3 is 16.0 Å². The van der Waals surface area contributed by atoms with Gasteiger partial charge >= 0.3 is 0 Å². The molecule has 5 heteroatoms. The Balaban J connectivity index is 1.66. The first-order chi connectivity index (χ1) is 8.65. The minimum absolute atomic E-state index is 0.0441. The van der Waals surface area contributed by atoms with Gasteiger partial charge in [-0.05, 0) is 51.7 Å². The number of amides is 1. The van der Waals surface area contributed by atoms with Crippen LogP contribution in [-0.4, -0.2) is 42.0 Å². The van der Waals surface area contributed by atoms with Crippen LogP contribution in [0.2, 0.25) is 0 Å². The van der Waals surface area contributed by atoms with E-state index in [0.29, 0.717) is 4.99 Å². The first-order valence-corrected chi connectivity index (χ1v) is 7.36. The molecule has 1 saturated heterocycles. The van der Waals surface area contributed by atoms with Gasteiger partial charge in [-0.15, -0.1) is 0 Å². The molecule has 2 aliphatic rings. The van der Waals surface area contributed by atoms with Crippen molar-refractivity contribution in [3.05, 3.63) is 0 Å². The summed E-state index contributed by atoms with van der Waals surface area (Å²) in [6.07, 6.45) is 6.34. The van der Waals surface area contributed by atoms with Crippen molar-refractivity contribution in [2.45, 2.75) is 38.5 Å². The summed E-state index contributed by atoms with van der Waals surface area (Å²) in [5.41, 5.74) is 5.17. The van der Waals surface area contributed by atoms with Crippen molar-refractivity contribution in [2.24, 2.45) is 11.1 Å². The number of nitrogens with two attached hydrogens (primary N) is 1. The van der Waals surface area contributed by atoms with E-state index < -0.39 is 5.41 Å². The number of carbonyl (C=O) groups is 1. The average molecular weight is 269 g/mol. The van der Waals surface area contributed by atoms with E-state index in [0.717, 1.165) is 38.8 Å². The lowest BCUT2D eigenvalue weighted by atomic mass is 9.68. The Morgan fingerprint density at radius 3 is 2.44 bits per heavy atom.